The van der Waals surface area contributed by atoms with E-state index in [1.807, 2.05) is 19.2 Å². The second-order valence-electron chi connectivity index (χ2n) is 6.13. The predicted molar refractivity (Wildman–Crippen MR) is 102 cm³/mol. The predicted octanol–water partition coefficient (Wildman–Crippen LogP) is 2.17. The van der Waals surface area contributed by atoms with Gasteiger partial charge in [0.25, 0.3) is 0 Å². The van der Waals surface area contributed by atoms with Crippen LogP contribution in [0.3, 0.4) is 0 Å². The number of hydrogen-bond acceptors (Lipinski definition) is 5. The van der Waals surface area contributed by atoms with Gasteiger partial charge in [0.05, 0.1) is 6.54 Å². The van der Waals surface area contributed by atoms with Crippen molar-refractivity contribution in [2.75, 3.05) is 12.3 Å². The van der Waals surface area contributed by atoms with Crippen LogP contribution in [0, 0.1) is 5.82 Å². The van der Waals surface area contributed by atoms with E-state index in [1.165, 1.54) is 17.7 Å². The van der Waals surface area contributed by atoms with Crippen LogP contribution < -0.4 is 10.1 Å². The van der Waals surface area contributed by atoms with Crippen LogP contribution in [0.2, 0.25) is 0 Å². The number of tetrazole rings is 1. The number of thioether (sulfide) groups is 1. The normalized spacial score (nSPS) is 10.9. The van der Waals surface area contributed by atoms with Crippen LogP contribution in [0.25, 0.3) is 0 Å². The lowest BCUT2D eigenvalue weighted by Crippen LogP contribution is -2.82. The fourth-order valence-electron chi connectivity index (χ4n) is 2.51. The van der Waals surface area contributed by atoms with Gasteiger partial charge in [-0.05, 0) is 40.3 Å². The molecule has 0 fully saturated rings. The Hall–Kier alpha value is -2.45. The third-order valence-electron chi connectivity index (χ3n) is 3.96. The van der Waals surface area contributed by atoms with Gasteiger partial charge in [0, 0.05) is 24.8 Å². The standard InChI is InChI=1S/C19H22FN5OS/c1-25-19(22-23-24-25)27-11-3-10-21-13-16-4-2-5-18(12-16)26-14-15-6-8-17(20)9-7-15/h2,4-9,12,21H,3,10-11,13-14H2,1H3/p+1. The first-order valence-corrected chi connectivity index (χ1v) is 9.82. The molecule has 3 aromatic rings. The Morgan fingerprint density at radius 1 is 1.15 bits per heavy atom. The number of nitrogens with zero attached hydrogens (tertiary/aromatic N) is 4. The van der Waals surface area contributed by atoms with E-state index in [2.05, 4.69) is 33.0 Å². The number of quaternary nitrogens is 1. The molecule has 0 saturated heterocycles. The zero-order valence-corrected chi connectivity index (χ0v) is 16.0. The molecule has 3 rings (SSSR count). The van der Waals surface area contributed by atoms with E-state index >= 15 is 0 Å². The molecule has 1 aromatic heterocycles. The van der Waals surface area contributed by atoms with Crippen molar-refractivity contribution in [3.63, 3.8) is 0 Å². The van der Waals surface area contributed by atoms with E-state index < -0.39 is 0 Å². The number of ether oxygens (including phenoxy) is 1. The Labute approximate surface area is 162 Å². The highest BCUT2D eigenvalue weighted by Crippen LogP contribution is 2.15. The number of aromatic nitrogens is 4. The molecule has 27 heavy (non-hydrogen) atoms. The Bertz CT molecular complexity index is 840. The van der Waals surface area contributed by atoms with Crippen molar-refractivity contribution >= 4 is 11.8 Å². The fraction of sp³-hybridized carbons (Fsp3) is 0.316. The zero-order valence-electron chi connectivity index (χ0n) is 15.2. The van der Waals surface area contributed by atoms with E-state index in [1.54, 1.807) is 28.6 Å². The molecule has 0 aliphatic carbocycles. The molecular weight excluding hydrogens is 365 g/mol. The molecule has 0 amide bonds. The molecule has 2 aromatic carbocycles. The Kier molecular flexibility index (Phi) is 7.18. The molecule has 0 spiro atoms. The quantitative estimate of drug-likeness (QED) is 0.426. The van der Waals surface area contributed by atoms with Crippen LogP contribution in [0.15, 0.2) is 53.7 Å². The minimum Gasteiger partial charge on any atom is -0.489 e. The van der Waals surface area contributed by atoms with Crippen molar-refractivity contribution in [3.05, 3.63) is 65.5 Å². The molecule has 142 valence electrons. The zero-order chi connectivity index (χ0) is 18.9. The first-order valence-electron chi connectivity index (χ1n) is 8.84. The molecule has 0 unspecified atom stereocenters. The highest BCUT2D eigenvalue weighted by atomic mass is 32.2. The first-order chi connectivity index (χ1) is 13.2. The highest BCUT2D eigenvalue weighted by Gasteiger charge is 2.03. The van der Waals surface area contributed by atoms with Crippen molar-refractivity contribution in [2.45, 2.75) is 24.7 Å². The smallest absolute Gasteiger partial charge is 0.209 e. The monoisotopic (exact) mass is 388 g/mol. The summed E-state index contributed by atoms with van der Waals surface area (Å²) in [5.41, 5.74) is 2.17. The lowest BCUT2D eigenvalue weighted by molar-refractivity contribution is -0.670. The minimum absolute atomic E-state index is 0.233. The largest absolute Gasteiger partial charge is 0.489 e. The van der Waals surface area contributed by atoms with Gasteiger partial charge >= 0.3 is 0 Å². The van der Waals surface area contributed by atoms with Gasteiger partial charge in [-0.15, -0.1) is 5.10 Å². The molecule has 0 bridgehead atoms. The van der Waals surface area contributed by atoms with Crippen LogP contribution in [0.4, 0.5) is 4.39 Å². The van der Waals surface area contributed by atoms with Gasteiger partial charge in [-0.1, -0.05) is 36.0 Å². The molecule has 0 radical (unpaired) electrons. The number of hydrogen-bond donors (Lipinski definition) is 1. The van der Waals surface area contributed by atoms with Crippen LogP contribution in [0.5, 0.6) is 5.75 Å². The summed E-state index contributed by atoms with van der Waals surface area (Å²) in [5, 5.41) is 14.5. The Balaban J connectivity index is 1.36. The van der Waals surface area contributed by atoms with Crippen molar-refractivity contribution in [3.8, 4) is 5.75 Å². The molecule has 1 heterocycles. The Morgan fingerprint density at radius 2 is 2.00 bits per heavy atom. The van der Waals surface area contributed by atoms with Gasteiger partial charge < -0.3 is 10.1 Å². The third kappa shape index (κ3) is 6.33. The lowest BCUT2D eigenvalue weighted by Gasteiger charge is -2.08. The van der Waals surface area contributed by atoms with Gasteiger partial charge in [-0.3, -0.25) is 0 Å². The maximum absolute atomic E-state index is 12.9. The van der Waals surface area contributed by atoms with Gasteiger partial charge in [-0.25, -0.2) is 9.07 Å². The minimum atomic E-state index is -0.233. The summed E-state index contributed by atoms with van der Waals surface area (Å²) in [4.78, 5) is 0. The lowest BCUT2D eigenvalue weighted by atomic mass is 10.2. The average Bonchev–Trinajstić information content (AvgIpc) is 3.09. The van der Waals surface area contributed by atoms with Crippen LogP contribution in [-0.2, 0) is 20.2 Å². The van der Waals surface area contributed by atoms with Crippen molar-refractivity contribution in [1.29, 1.82) is 0 Å². The summed E-state index contributed by atoms with van der Waals surface area (Å²) in [6.45, 7) is 2.38. The maximum atomic E-state index is 12.9. The maximum Gasteiger partial charge on any atom is 0.209 e. The number of halogens is 1. The number of rotatable bonds is 10. The molecule has 0 atom stereocenters. The van der Waals surface area contributed by atoms with E-state index in [-0.39, 0.29) is 5.82 Å². The van der Waals surface area contributed by atoms with Crippen LogP contribution in [0.1, 0.15) is 17.5 Å². The topological polar surface area (TPSA) is 69.4 Å². The summed E-state index contributed by atoms with van der Waals surface area (Å²) in [5.74, 6) is 1.59. The molecule has 0 aliphatic rings. The van der Waals surface area contributed by atoms with Gasteiger partial charge in [0.1, 0.15) is 24.7 Å². The summed E-state index contributed by atoms with van der Waals surface area (Å²) < 4.78 is 20.4. The molecule has 2 N–H and O–H groups in total. The van der Waals surface area contributed by atoms with Crippen molar-refractivity contribution in [2.24, 2.45) is 7.05 Å². The van der Waals surface area contributed by atoms with E-state index in [0.717, 1.165) is 41.7 Å². The van der Waals surface area contributed by atoms with Crippen molar-refractivity contribution in [1.82, 2.24) is 20.2 Å². The van der Waals surface area contributed by atoms with E-state index in [0.29, 0.717) is 6.61 Å². The number of nitrogens with two attached hydrogens (primary N) is 1. The highest BCUT2D eigenvalue weighted by molar-refractivity contribution is 7.99. The molecule has 8 heteroatoms. The average molecular weight is 388 g/mol. The fourth-order valence-corrected chi connectivity index (χ4v) is 3.32. The molecule has 0 saturated carbocycles. The second kappa shape index (κ2) is 10.0. The molecule has 0 aliphatic heterocycles. The summed E-state index contributed by atoms with van der Waals surface area (Å²) >= 11 is 1.67. The SMILES string of the molecule is Cn1nnnc1SCCC[NH2+]Cc1cccc(OCc2ccc(F)cc2)c1. The molecule has 6 nitrogen and oxygen atoms in total. The van der Waals surface area contributed by atoms with Crippen LogP contribution >= 0.6 is 11.8 Å². The summed E-state index contributed by atoms with van der Waals surface area (Å²) in [6.07, 6.45) is 1.08. The molecular formula is C19H23FN5OS+. The van der Waals surface area contributed by atoms with Gasteiger partial charge in [0.2, 0.25) is 5.16 Å². The van der Waals surface area contributed by atoms with Gasteiger partial charge in [-0.2, -0.15) is 0 Å². The van der Waals surface area contributed by atoms with E-state index in [9.17, 15) is 4.39 Å². The van der Waals surface area contributed by atoms with Gasteiger partial charge in [0.15, 0.2) is 0 Å². The Morgan fingerprint density at radius 3 is 2.78 bits per heavy atom. The number of aryl methyl sites for hydroxylation is 1. The summed E-state index contributed by atoms with van der Waals surface area (Å²) in [6, 6.07) is 14.5. The van der Waals surface area contributed by atoms with Crippen molar-refractivity contribution < 1.29 is 14.4 Å². The summed E-state index contributed by atoms with van der Waals surface area (Å²) in [7, 11) is 1.85. The third-order valence-corrected chi connectivity index (χ3v) is 5.06. The first kappa shape index (κ1) is 19.3. The second-order valence-corrected chi connectivity index (χ2v) is 7.19. The number of benzene rings is 2. The van der Waals surface area contributed by atoms with E-state index in [4.69, 9.17) is 4.74 Å². The van der Waals surface area contributed by atoms with Crippen LogP contribution in [-0.4, -0.2) is 32.5 Å².